The van der Waals surface area contributed by atoms with Gasteiger partial charge in [-0.05, 0) is 55.2 Å². The van der Waals surface area contributed by atoms with Crippen LogP contribution in [0.4, 0.5) is 4.39 Å². The SMILES string of the molecule is CCCC1CCC(c2ccc(C=O)c(F)c2)CC1. The van der Waals surface area contributed by atoms with Crippen molar-refractivity contribution in [3.05, 3.63) is 35.1 Å². The Bertz CT molecular complexity index is 406. The number of aldehydes is 1. The summed E-state index contributed by atoms with van der Waals surface area (Å²) < 4.78 is 13.6. The molecule has 1 nitrogen and oxygen atoms in total. The zero-order valence-corrected chi connectivity index (χ0v) is 11.0. The lowest BCUT2D eigenvalue weighted by atomic mass is 9.77. The Morgan fingerprint density at radius 3 is 2.56 bits per heavy atom. The minimum atomic E-state index is -0.377. The van der Waals surface area contributed by atoms with Crippen LogP contribution in [0.3, 0.4) is 0 Å². The third-order valence-corrected chi connectivity index (χ3v) is 4.17. The summed E-state index contributed by atoms with van der Waals surface area (Å²) in [6.45, 7) is 2.24. The fraction of sp³-hybridized carbons (Fsp3) is 0.562. The summed E-state index contributed by atoms with van der Waals surface area (Å²) in [7, 11) is 0. The maximum absolute atomic E-state index is 13.6. The van der Waals surface area contributed by atoms with E-state index in [1.165, 1.54) is 25.7 Å². The van der Waals surface area contributed by atoms with Gasteiger partial charge in [-0.1, -0.05) is 25.8 Å². The number of halogens is 1. The van der Waals surface area contributed by atoms with Crippen molar-refractivity contribution < 1.29 is 9.18 Å². The molecule has 1 aromatic rings. The summed E-state index contributed by atoms with van der Waals surface area (Å²) in [5.74, 6) is 0.969. The van der Waals surface area contributed by atoms with Crippen LogP contribution in [-0.2, 0) is 0 Å². The van der Waals surface area contributed by atoms with E-state index in [4.69, 9.17) is 0 Å². The number of carbonyl (C=O) groups excluding carboxylic acids is 1. The van der Waals surface area contributed by atoms with Crippen molar-refractivity contribution in [1.82, 2.24) is 0 Å². The monoisotopic (exact) mass is 248 g/mol. The summed E-state index contributed by atoms with van der Waals surface area (Å²) >= 11 is 0. The van der Waals surface area contributed by atoms with Gasteiger partial charge in [-0.2, -0.15) is 0 Å². The van der Waals surface area contributed by atoms with E-state index in [9.17, 15) is 9.18 Å². The van der Waals surface area contributed by atoms with Crippen LogP contribution in [0.25, 0.3) is 0 Å². The van der Waals surface area contributed by atoms with Crippen LogP contribution in [0.5, 0.6) is 0 Å². The summed E-state index contributed by atoms with van der Waals surface area (Å²) in [6, 6.07) is 5.07. The standard InChI is InChI=1S/C16H21FO/c1-2-3-12-4-6-13(7-5-12)14-8-9-15(11-18)16(17)10-14/h8-13H,2-7H2,1H3. The number of hydrogen-bond donors (Lipinski definition) is 0. The third kappa shape index (κ3) is 2.98. The van der Waals surface area contributed by atoms with Crippen LogP contribution in [0.2, 0.25) is 0 Å². The lowest BCUT2D eigenvalue weighted by molar-refractivity contribution is 0.112. The van der Waals surface area contributed by atoms with Gasteiger partial charge in [-0.15, -0.1) is 0 Å². The summed E-state index contributed by atoms with van der Waals surface area (Å²) in [5.41, 5.74) is 1.23. The predicted molar refractivity (Wildman–Crippen MR) is 71.4 cm³/mol. The molecular weight excluding hydrogens is 227 g/mol. The average molecular weight is 248 g/mol. The van der Waals surface area contributed by atoms with Crippen LogP contribution >= 0.6 is 0 Å². The highest BCUT2D eigenvalue weighted by Gasteiger charge is 2.22. The number of rotatable bonds is 4. The van der Waals surface area contributed by atoms with Crippen molar-refractivity contribution in [3.63, 3.8) is 0 Å². The van der Waals surface area contributed by atoms with Crippen LogP contribution in [0, 0.1) is 11.7 Å². The second-order valence-corrected chi connectivity index (χ2v) is 5.41. The molecule has 0 N–H and O–H groups in total. The molecular formula is C16H21FO. The molecule has 1 saturated carbocycles. The van der Waals surface area contributed by atoms with E-state index in [1.54, 1.807) is 12.1 Å². The topological polar surface area (TPSA) is 17.1 Å². The smallest absolute Gasteiger partial charge is 0.152 e. The van der Waals surface area contributed by atoms with Gasteiger partial charge in [0.05, 0.1) is 5.56 Å². The Morgan fingerprint density at radius 1 is 1.28 bits per heavy atom. The Labute approximate surface area is 108 Å². The van der Waals surface area contributed by atoms with Gasteiger partial charge in [0.25, 0.3) is 0 Å². The zero-order valence-electron chi connectivity index (χ0n) is 11.0. The van der Waals surface area contributed by atoms with Crippen LogP contribution in [0.15, 0.2) is 18.2 Å². The van der Waals surface area contributed by atoms with E-state index in [0.717, 1.165) is 24.3 Å². The molecule has 18 heavy (non-hydrogen) atoms. The lowest BCUT2D eigenvalue weighted by Crippen LogP contribution is -2.13. The second kappa shape index (κ2) is 6.12. The fourth-order valence-electron chi connectivity index (χ4n) is 3.09. The normalized spacial score (nSPS) is 23.9. The Balaban J connectivity index is 2.01. The van der Waals surface area contributed by atoms with Crippen molar-refractivity contribution in [3.8, 4) is 0 Å². The molecule has 0 spiro atoms. The van der Waals surface area contributed by atoms with Gasteiger partial charge in [0.1, 0.15) is 5.82 Å². The first-order chi connectivity index (χ1) is 8.74. The Kier molecular flexibility index (Phi) is 4.51. The minimum absolute atomic E-state index is 0.165. The molecule has 98 valence electrons. The molecule has 0 heterocycles. The van der Waals surface area contributed by atoms with Gasteiger partial charge in [-0.25, -0.2) is 4.39 Å². The molecule has 1 fully saturated rings. The highest BCUT2D eigenvalue weighted by atomic mass is 19.1. The zero-order chi connectivity index (χ0) is 13.0. The first-order valence-electron chi connectivity index (χ1n) is 6.99. The van der Waals surface area contributed by atoms with Crippen LogP contribution in [0.1, 0.15) is 67.3 Å². The van der Waals surface area contributed by atoms with Gasteiger partial charge < -0.3 is 0 Å². The summed E-state index contributed by atoms with van der Waals surface area (Å²) in [4.78, 5) is 10.6. The molecule has 2 rings (SSSR count). The lowest BCUT2D eigenvalue weighted by Gasteiger charge is -2.28. The van der Waals surface area contributed by atoms with E-state index < -0.39 is 0 Å². The molecule has 1 aliphatic rings. The average Bonchev–Trinajstić information content (AvgIpc) is 2.40. The minimum Gasteiger partial charge on any atom is -0.298 e. The van der Waals surface area contributed by atoms with E-state index >= 15 is 0 Å². The van der Waals surface area contributed by atoms with E-state index in [-0.39, 0.29) is 11.4 Å². The van der Waals surface area contributed by atoms with Gasteiger partial charge in [0.2, 0.25) is 0 Å². The van der Waals surface area contributed by atoms with Gasteiger partial charge in [0.15, 0.2) is 6.29 Å². The van der Waals surface area contributed by atoms with E-state index in [2.05, 4.69) is 6.92 Å². The molecule has 0 unspecified atom stereocenters. The van der Waals surface area contributed by atoms with Crippen LogP contribution in [-0.4, -0.2) is 6.29 Å². The van der Waals surface area contributed by atoms with Crippen molar-refractivity contribution >= 4 is 6.29 Å². The fourth-order valence-corrected chi connectivity index (χ4v) is 3.09. The largest absolute Gasteiger partial charge is 0.298 e. The van der Waals surface area contributed by atoms with Crippen molar-refractivity contribution in [2.45, 2.75) is 51.4 Å². The second-order valence-electron chi connectivity index (χ2n) is 5.41. The first kappa shape index (κ1) is 13.3. The van der Waals surface area contributed by atoms with Crippen LogP contribution < -0.4 is 0 Å². The third-order valence-electron chi connectivity index (χ3n) is 4.17. The first-order valence-corrected chi connectivity index (χ1v) is 6.99. The molecule has 0 bridgehead atoms. The molecule has 0 atom stereocenters. The number of carbonyl (C=O) groups is 1. The molecule has 1 aliphatic carbocycles. The molecule has 0 amide bonds. The highest BCUT2D eigenvalue weighted by Crippen LogP contribution is 2.37. The maximum atomic E-state index is 13.6. The molecule has 0 saturated heterocycles. The van der Waals surface area contributed by atoms with Crippen molar-refractivity contribution in [2.24, 2.45) is 5.92 Å². The summed E-state index contributed by atoms with van der Waals surface area (Å²) in [6.07, 6.45) is 8.00. The molecule has 0 aliphatic heterocycles. The molecule has 0 radical (unpaired) electrons. The Hall–Kier alpha value is -1.18. The van der Waals surface area contributed by atoms with Gasteiger partial charge in [0, 0.05) is 0 Å². The highest BCUT2D eigenvalue weighted by molar-refractivity contribution is 5.75. The van der Waals surface area contributed by atoms with Gasteiger partial charge >= 0.3 is 0 Å². The number of benzene rings is 1. The molecule has 2 heteroatoms. The van der Waals surface area contributed by atoms with E-state index in [0.29, 0.717) is 12.2 Å². The Morgan fingerprint density at radius 2 is 2.00 bits per heavy atom. The summed E-state index contributed by atoms with van der Waals surface area (Å²) in [5, 5.41) is 0. The predicted octanol–water partition coefficient (Wildman–Crippen LogP) is 4.71. The maximum Gasteiger partial charge on any atom is 0.152 e. The molecule has 1 aromatic carbocycles. The van der Waals surface area contributed by atoms with Gasteiger partial charge in [-0.3, -0.25) is 4.79 Å². The quantitative estimate of drug-likeness (QED) is 0.705. The van der Waals surface area contributed by atoms with Crippen molar-refractivity contribution in [2.75, 3.05) is 0 Å². The molecule has 0 aromatic heterocycles. The van der Waals surface area contributed by atoms with E-state index in [1.807, 2.05) is 6.07 Å². The van der Waals surface area contributed by atoms with Crippen molar-refractivity contribution in [1.29, 1.82) is 0 Å². The number of hydrogen-bond acceptors (Lipinski definition) is 1.